The van der Waals surface area contributed by atoms with Crippen LogP contribution in [0.3, 0.4) is 0 Å². The number of hydrogen-bond donors (Lipinski definition) is 8. The number of allylic oxidation sites excluding steroid dienone is 3. The van der Waals surface area contributed by atoms with E-state index in [4.69, 9.17) is 38.5 Å². The van der Waals surface area contributed by atoms with Gasteiger partial charge in [0.2, 0.25) is 11.6 Å². The Morgan fingerprint density at radius 2 is 1.69 bits per heavy atom. The van der Waals surface area contributed by atoms with Gasteiger partial charge in [0, 0.05) is 48.5 Å². The Balaban J connectivity index is 1.16. The lowest BCUT2D eigenvalue weighted by atomic mass is 9.66. The molecule has 0 bridgehead atoms. The molecule has 4 rings (SSSR count). The highest BCUT2D eigenvalue weighted by atomic mass is 31.2. The molecule has 0 aromatic heterocycles. The van der Waals surface area contributed by atoms with Gasteiger partial charge in [-0.05, 0) is 79.1 Å². The Bertz CT molecular complexity index is 1790. The van der Waals surface area contributed by atoms with Crippen molar-refractivity contribution in [2.45, 2.75) is 55.9 Å². The van der Waals surface area contributed by atoms with Crippen molar-refractivity contribution >= 4 is 28.0 Å². The summed E-state index contributed by atoms with van der Waals surface area (Å²) in [6.45, 7) is 1.72. The molecule has 0 saturated heterocycles. The number of amides is 1. The second-order valence-corrected chi connectivity index (χ2v) is 17.4. The molecule has 0 fully saturated rings. The van der Waals surface area contributed by atoms with Crippen LogP contribution in [0.4, 0.5) is 0 Å². The number of aliphatic hydroxyl groups excluding tert-OH is 2. The molecule has 21 heteroatoms. The Morgan fingerprint density at radius 1 is 1.00 bits per heavy atom. The molecule has 340 valence electrons. The molecule has 7 atom stereocenters. The maximum Gasteiger partial charge on any atom is 0.513 e. The summed E-state index contributed by atoms with van der Waals surface area (Å²) in [5, 5.41) is 45.2. The van der Waals surface area contributed by atoms with E-state index in [9.17, 15) is 48.9 Å². The number of rotatable bonds is 30. The van der Waals surface area contributed by atoms with Crippen LogP contribution in [0.15, 0.2) is 65.0 Å². The number of aldehydes is 1. The fraction of sp³-hybridized carbons (Fsp3) is 0.600. The first kappa shape index (κ1) is 50.3. The van der Waals surface area contributed by atoms with Crippen LogP contribution in [0.5, 0.6) is 11.5 Å². The Kier molecular flexibility index (Phi) is 21.1. The van der Waals surface area contributed by atoms with Gasteiger partial charge in [-0.15, -0.1) is 0 Å². The van der Waals surface area contributed by atoms with Crippen LogP contribution in [0.2, 0.25) is 0 Å². The summed E-state index contributed by atoms with van der Waals surface area (Å²) in [4.78, 5) is 45.4. The van der Waals surface area contributed by atoms with Gasteiger partial charge in [0.15, 0.2) is 0 Å². The predicted molar refractivity (Wildman–Crippen MR) is 220 cm³/mol. The highest BCUT2D eigenvalue weighted by Gasteiger charge is 2.52. The van der Waals surface area contributed by atoms with Crippen molar-refractivity contribution in [2.75, 3.05) is 85.8 Å². The number of aromatic hydroxyl groups is 1. The Morgan fingerprint density at radius 3 is 2.36 bits per heavy atom. The number of benzene rings is 1. The van der Waals surface area contributed by atoms with Crippen LogP contribution in [0.25, 0.3) is 0 Å². The van der Waals surface area contributed by atoms with Crippen LogP contribution in [0.1, 0.15) is 44.1 Å². The van der Waals surface area contributed by atoms with Gasteiger partial charge in [0.1, 0.15) is 41.9 Å². The molecule has 9 N–H and O–H groups in total. The third-order valence-corrected chi connectivity index (χ3v) is 12.1. The fourth-order valence-corrected chi connectivity index (χ4v) is 8.34. The van der Waals surface area contributed by atoms with E-state index in [0.717, 1.165) is 6.42 Å². The highest BCUT2D eigenvalue weighted by molar-refractivity contribution is 7.47. The normalized spacial score (nSPS) is 21.9. The third kappa shape index (κ3) is 15.4. The molecule has 0 saturated carbocycles. The molecule has 1 amide bonds. The molecule has 0 radical (unpaired) electrons. The van der Waals surface area contributed by atoms with E-state index < -0.39 is 57.6 Å². The number of nitrogens with one attached hydrogen (secondary N) is 1. The lowest BCUT2D eigenvalue weighted by Gasteiger charge is -2.46. The third-order valence-electron chi connectivity index (χ3n) is 10.2. The van der Waals surface area contributed by atoms with E-state index >= 15 is 0 Å². The van der Waals surface area contributed by atoms with Gasteiger partial charge in [0.05, 0.1) is 58.8 Å². The number of aliphatic hydroxyl groups is 3. The van der Waals surface area contributed by atoms with E-state index in [-0.39, 0.29) is 75.3 Å². The number of phosphoric acid groups is 1. The van der Waals surface area contributed by atoms with Gasteiger partial charge in [-0.25, -0.2) is 4.57 Å². The molecule has 19 nitrogen and oxygen atoms in total. The average molecular weight is 902 g/mol. The van der Waals surface area contributed by atoms with Crippen LogP contribution >= 0.6 is 15.9 Å². The molecule has 1 aromatic rings. The summed E-state index contributed by atoms with van der Waals surface area (Å²) >= 11 is 0. The molecular weight excluding hydrogens is 842 g/mol. The molecule has 1 heterocycles. The summed E-state index contributed by atoms with van der Waals surface area (Å²) in [6, 6.07) is 4.29. The van der Waals surface area contributed by atoms with Crippen molar-refractivity contribution in [3.8, 4) is 11.5 Å². The maximum absolute atomic E-state index is 13.1. The highest BCUT2D eigenvalue weighted by Crippen LogP contribution is 2.53. The average Bonchev–Trinajstić information content (AvgIpc) is 3.23. The lowest BCUT2D eigenvalue weighted by molar-refractivity contribution is -0.117. The van der Waals surface area contributed by atoms with Crippen molar-refractivity contribution in [1.82, 2.24) is 5.32 Å². The van der Waals surface area contributed by atoms with Crippen LogP contribution < -0.4 is 15.8 Å². The largest absolute Gasteiger partial charge is 0.513 e. The SMILES string of the molecule is NCCCOCCOCCOCCOCC(COP(=O)(O)OCC(CO)CCCCNC(=O)C1=CC(C=O)=C(C2(O)c3ccc(O)cc3OC3C=C(O)C=CC32)CC1)[P+](=O)O. The van der Waals surface area contributed by atoms with Gasteiger partial charge in [-0.3, -0.25) is 18.6 Å². The van der Waals surface area contributed by atoms with E-state index in [0.29, 0.717) is 81.8 Å². The minimum atomic E-state index is -4.65. The summed E-state index contributed by atoms with van der Waals surface area (Å²) in [5.41, 5.74) is 3.72. The van der Waals surface area contributed by atoms with Crippen LogP contribution in [0, 0.1) is 11.8 Å². The second-order valence-electron chi connectivity index (χ2n) is 14.6. The number of hydrogen-bond acceptors (Lipinski definition) is 16. The summed E-state index contributed by atoms with van der Waals surface area (Å²) < 4.78 is 61.7. The van der Waals surface area contributed by atoms with Crippen molar-refractivity contribution in [1.29, 1.82) is 0 Å². The number of ether oxygens (including phenoxy) is 5. The van der Waals surface area contributed by atoms with Gasteiger partial charge >= 0.3 is 15.9 Å². The van der Waals surface area contributed by atoms with Crippen LogP contribution in [-0.4, -0.2) is 140 Å². The monoisotopic (exact) mass is 901 g/mol. The summed E-state index contributed by atoms with van der Waals surface area (Å²) in [5.74, 6) is -1.60. The predicted octanol–water partition coefficient (Wildman–Crippen LogP) is 2.73. The summed E-state index contributed by atoms with van der Waals surface area (Å²) in [6.07, 6.45) is 8.27. The zero-order valence-corrected chi connectivity index (χ0v) is 35.8. The molecule has 1 aromatic carbocycles. The molecule has 1 aliphatic heterocycles. The lowest BCUT2D eigenvalue weighted by Crippen LogP contribution is -2.49. The zero-order valence-electron chi connectivity index (χ0n) is 34.0. The number of phenolic OH excluding ortho intramolecular Hbond substituents is 1. The number of carbonyl (C=O) groups excluding carboxylic acids is 2. The first-order chi connectivity index (χ1) is 29.3. The number of unbranched alkanes of at least 4 members (excludes halogenated alkanes) is 1. The van der Waals surface area contributed by atoms with Crippen molar-refractivity contribution in [3.63, 3.8) is 0 Å². The number of nitrogens with two attached hydrogens (primary N) is 1. The Labute approximate surface area is 355 Å². The Hall–Kier alpha value is -3.39. The maximum atomic E-state index is 13.1. The topological polar surface area (TPSA) is 292 Å². The first-order valence-corrected chi connectivity index (χ1v) is 23.0. The molecule has 7 unspecified atom stereocenters. The summed E-state index contributed by atoms with van der Waals surface area (Å²) in [7, 11) is -7.47. The van der Waals surface area contributed by atoms with E-state index in [1.54, 1.807) is 6.08 Å². The minimum absolute atomic E-state index is 0.0539. The van der Waals surface area contributed by atoms with Crippen molar-refractivity contribution in [2.24, 2.45) is 17.6 Å². The minimum Gasteiger partial charge on any atom is -0.508 e. The fourth-order valence-electron chi connectivity index (χ4n) is 6.94. The molecule has 3 aliphatic rings. The standard InChI is InChI=1S/C40H58N2O17P2/c41-11-3-13-53-14-15-54-16-17-55-18-19-56-26-33(60(49)50)27-58-61(51,52)57-25-28(23-43)4-1-2-12-42-39(47)29-5-8-34(30(20-29)24-44)40(48)35-9-6-31(45)21-37(35)59-38-22-32(46)7-10-36(38)40/h6-7,9-10,20-22,24,28,33,35,37,43,48H,1-5,8,11-19,23,25-27,41H2,(H4-,42,45,46,47,49,50,51,52)/p+1. The van der Waals surface area contributed by atoms with Gasteiger partial charge < -0.3 is 60.1 Å². The first-order valence-electron chi connectivity index (χ1n) is 20.2. The zero-order chi connectivity index (χ0) is 44.3. The van der Waals surface area contributed by atoms with Gasteiger partial charge in [-0.1, -0.05) is 12.5 Å². The van der Waals surface area contributed by atoms with Gasteiger partial charge in [-0.2, -0.15) is 4.89 Å². The second kappa shape index (κ2) is 25.7. The van der Waals surface area contributed by atoms with E-state index in [1.807, 2.05) is 0 Å². The van der Waals surface area contributed by atoms with E-state index in [2.05, 4.69) is 5.32 Å². The van der Waals surface area contributed by atoms with E-state index in [1.165, 1.54) is 36.4 Å². The quantitative estimate of drug-likeness (QED) is 0.0313. The number of fused-ring (bicyclic) bond motifs is 2. The van der Waals surface area contributed by atoms with Crippen molar-refractivity contribution in [3.05, 3.63) is 70.5 Å². The molecule has 0 spiro atoms. The van der Waals surface area contributed by atoms with Crippen molar-refractivity contribution < 1.29 is 81.7 Å². The molecular formula is C40H59N2O17P2+. The number of phosphoric ester groups is 1. The smallest absolute Gasteiger partial charge is 0.508 e. The number of phenols is 1. The number of carbonyl (C=O) groups is 2. The van der Waals surface area contributed by atoms with Crippen LogP contribution in [-0.2, 0) is 52.3 Å². The van der Waals surface area contributed by atoms with Gasteiger partial charge in [0.25, 0.3) is 0 Å². The molecule has 2 aliphatic carbocycles. The molecule has 61 heavy (non-hydrogen) atoms.